The zero-order valence-electron chi connectivity index (χ0n) is 19.4. The molecule has 2 unspecified atom stereocenters. The molecule has 0 spiro atoms. The maximum absolute atomic E-state index is 14.2. The Balaban J connectivity index is 1.61. The second-order valence-electron chi connectivity index (χ2n) is 8.68. The molecule has 37 heavy (non-hydrogen) atoms. The van der Waals surface area contributed by atoms with Gasteiger partial charge >= 0.3 is 0 Å². The van der Waals surface area contributed by atoms with Crippen LogP contribution in [0.1, 0.15) is 6.42 Å². The van der Waals surface area contributed by atoms with Gasteiger partial charge in [-0.2, -0.15) is 0 Å². The van der Waals surface area contributed by atoms with Crippen LogP contribution in [-0.4, -0.2) is 53.4 Å². The summed E-state index contributed by atoms with van der Waals surface area (Å²) >= 11 is 0. The number of sulfone groups is 1. The summed E-state index contributed by atoms with van der Waals surface area (Å²) in [6.07, 6.45) is 9.09. The highest BCUT2D eigenvalue weighted by atomic mass is 32.2. The first-order chi connectivity index (χ1) is 17.7. The predicted octanol–water partition coefficient (Wildman–Crippen LogP) is 2.45. The molecule has 1 aliphatic carbocycles. The second kappa shape index (κ2) is 9.33. The number of benzene rings is 1. The van der Waals surface area contributed by atoms with Crippen LogP contribution in [0.2, 0.25) is 0 Å². The maximum Gasteiger partial charge on any atom is 0.293 e. The minimum atomic E-state index is -4.61. The van der Waals surface area contributed by atoms with Gasteiger partial charge in [-0.3, -0.25) is 14.9 Å². The van der Waals surface area contributed by atoms with Gasteiger partial charge in [0.25, 0.3) is 5.69 Å². The third-order valence-corrected chi connectivity index (χ3v) is 8.51. The van der Waals surface area contributed by atoms with Crippen molar-refractivity contribution >= 4 is 38.2 Å². The molecule has 5 rings (SSSR count). The van der Waals surface area contributed by atoms with Crippen molar-refractivity contribution in [3.8, 4) is 5.75 Å². The minimum Gasteiger partial charge on any atom is -0.464 e. The van der Waals surface area contributed by atoms with Gasteiger partial charge in [-0.25, -0.2) is 13.4 Å². The van der Waals surface area contributed by atoms with Crippen molar-refractivity contribution in [2.45, 2.75) is 22.3 Å². The van der Waals surface area contributed by atoms with Gasteiger partial charge in [-0.1, -0.05) is 18.2 Å². The fourth-order valence-corrected chi connectivity index (χ4v) is 6.34. The summed E-state index contributed by atoms with van der Waals surface area (Å²) in [6, 6.07) is 6.67. The molecule has 0 saturated carbocycles. The van der Waals surface area contributed by atoms with Crippen molar-refractivity contribution in [1.82, 2.24) is 9.97 Å². The smallest absolute Gasteiger partial charge is 0.293 e. The maximum atomic E-state index is 14.2. The number of aromatic amines is 1. The molecule has 1 fully saturated rings. The van der Waals surface area contributed by atoms with E-state index in [1.165, 1.54) is 42.6 Å². The number of hydrogen-bond donors (Lipinski definition) is 3. The highest BCUT2D eigenvalue weighted by molar-refractivity contribution is 7.93. The normalized spacial score (nSPS) is 23.2. The number of H-pyrrole nitrogens is 1. The molecule has 3 aromatic rings. The van der Waals surface area contributed by atoms with Gasteiger partial charge < -0.3 is 25.5 Å². The monoisotopic (exact) mass is 525 g/mol. The number of nitro groups is 1. The third kappa shape index (κ3) is 4.32. The molecule has 12 nitrogen and oxygen atoms in total. The molecular formula is C24H23N5O7S. The van der Waals surface area contributed by atoms with E-state index in [2.05, 4.69) is 15.3 Å². The van der Waals surface area contributed by atoms with E-state index in [0.717, 1.165) is 6.07 Å². The topological polar surface area (TPSA) is 180 Å². The van der Waals surface area contributed by atoms with Gasteiger partial charge in [0.15, 0.2) is 0 Å². The summed E-state index contributed by atoms with van der Waals surface area (Å²) < 4.78 is 39.7. The minimum absolute atomic E-state index is 0.0656. The highest BCUT2D eigenvalue weighted by Crippen LogP contribution is 2.41. The Morgan fingerprint density at radius 3 is 2.86 bits per heavy atom. The number of nitrogens with two attached hydrogens (primary N) is 1. The van der Waals surface area contributed by atoms with Crippen LogP contribution in [0.4, 0.5) is 11.4 Å². The van der Waals surface area contributed by atoms with E-state index in [1.807, 2.05) is 0 Å². The quantitative estimate of drug-likeness (QED) is 0.294. The zero-order valence-corrected chi connectivity index (χ0v) is 20.2. The van der Waals surface area contributed by atoms with E-state index in [1.54, 1.807) is 18.3 Å². The van der Waals surface area contributed by atoms with Crippen molar-refractivity contribution in [3.05, 3.63) is 77.1 Å². The van der Waals surface area contributed by atoms with Gasteiger partial charge in [0, 0.05) is 24.3 Å². The van der Waals surface area contributed by atoms with Crippen LogP contribution in [0.3, 0.4) is 0 Å². The van der Waals surface area contributed by atoms with Crippen LogP contribution in [0.25, 0.3) is 11.0 Å². The van der Waals surface area contributed by atoms with Crippen molar-refractivity contribution in [3.63, 3.8) is 0 Å². The molecule has 2 aliphatic rings. The Morgan fingerprint density at radius 1 is 1.30 bits per heavy atom. The van der Waals surface area contributed by atoms with Gasteiger partial charge in [-0.05, 0) is 36.8 Å². The molecule has 1 aromatic carbocycles. The molecule has 1 saturated heterocycles. The molecule has 1 amide bonds. The first-order valence-corrected chi connectivity index (χ1v) is 12.8. The van der Waals surface area contributed by atoms with Gasteiger partial charge in [0.05, 0.1) is 28.7 Å². The average Bonchev–Trinajstić information content (AvgIpc) is 3.56. The Bertz CT molecular complexity index is 1540. The van der Waals surface area contributed by atoms with Crippen molar-refractivity contribution in [1.29, 1.82) is 0 Å². The van der Waals surface area contributed by atoms with Crippen molar-refractivity contribution in [2.24, 2.45) is 11.7 Å². The summed E-state index contributed by atoms with van der Waals surface area (Å²) in [5.41, 5.74) is 5.89. The molecule has 3 atom stereocenters. The zero-order chi connectivity index (χ0) is 26.2. The van der Waals surface area contributed by atoms with E-state index in [0.29, 0.717) is 30.7 Å². The van der Waals surface area contributed by atoms with E-state index < -0.39 is 42.1 Å². The third-order valence-electron chi connectivity index (χ3n) is 6.32. The van der Waals surface area contributed by atoms with E-state index >= 15 is 0 Å². The predicted molar refractivity (Wildman–Crippen MR) is 134 cm³/mol. The fraction of sp³-hybridized carbons (Fsp3) is 0.250. The number of ether oxygens (including phenoxy) is 2. The number of allylic oxidation sites excluding steroid dienone is 2. The van der Waals surface area contributed by atoms with Crippen LogP contribution in [0, 0.1) is 16.0 Å². The summed E-state index contributed by atoms with van der Waals surface area (Å²) in [5.74, 6) is -2.32. The van der Waals surface area contributed by atoms with Crippen molar-refractivity contribution in [2.75, 3.05) is 18.5 Å². The van der Waals surface area contributed by atoms with Crippen LogP contribution in [0.15, 0.2) is 71.9 Å². The van der Waals surface area contributed by atoms with Crippen molar-refractivity contribution < 1.29 is 27.6 Å². The van der Waals surface area contributed by atoms with E-state index in [9.17, 15) is 23.3 Å². The summed E-state index contributed by atoms with van der Waals surface area (Å²) in [6.45, 7) is 0.903. The van der Waals surface area contributed by atoms with E-state index in [4.69, 9.17) is 15.2 Å². The summed E-state index contributed by atoms with van der Waals surface area (Å²) in [4.78, 5) is 28.1. The molecular weight excluding hydrogens is 502 g/mol. The Morgan fingerprint density at radius 2 is 2.14 bits per heavy atom. The standard InChI is InChI=1S/C24H23N5O7S/c25-22(30)19-3-1-2-8-24(19,36-17-11-15-6-9-26-23(15)27-13-17)37(33,34)18-4-5-20(21(12-18)29(31)32)28-16-7-10-35-14-16/h1-6,8-9,11-13,16,19,28H,7,10,14H2,(H2,25,30)(H,26,27)/t16-,19?,24?/m1/s1. The van der Waals surface area contributed by atoms with Gasteiger partial charge in [0.1, 0.15) is 23.0 Å². The lowest BCUT2D eigenvalue weighted by Gasteiger charge is -2.36. The number of fused-ring (bicyclic) bond motifs is 1. The molecule has 13 heteroatoms. The lowest BCUT2D eigenvalue weighted by atomic mass is 9.96. The summed E-state index contributed by atoms with van der Waals surface area (Å²) in [5, 5.41) is 15.6. The molecule has 0 radical (unpaired) electrons. The number of rotatable bonds is 8. The van der Waals surface area contributed by atoms with Crippen LogP contribution in [-0.2, 0) is 19.4 Å². The largest absolute Gasteiger partial charge is 0.464 e. The Kier molecular flexibility index (Phi) is 6.17. The SMILES string of the molecule is NC(=O)C1C=CC=CC1(Oc1cnc2[nH]ccc2c1)S(=O)(=O)c1ccc(N[C@@H]2CCOC2)c([N+](=O)[O-])c1. The molecule has 3 heterocycles. The first-order valence-electron chi connectivity index (χ1n) is 11.4. The number of amides is 1. The second-order valence-corrected chi connectivity index (χ2v) is 10.8. The number of pyridine rings is 1. The number of nitro benzene ring substituents is 1. The lowest BCUT2D eigenvalue weighted by molar-refractivity contribution is -0.384. The number of nitrogens with one attached hydrogen (secondary N) is 2. The number of carbonyl (C=O) groups excluding carboxylic acids is 1. The molecule has 0 bridgehead atoms. The fourth-order valence-electron chi connectivity index (χ4n) is 4.47. The Labute approximate surface area is 211 Å². The first kappa shape index (κ1) is 24.5. The Hall–Kier alpha value is -4.23. The number of hydrogen-bond acceptors (Lipinski definition) is 9. The molecule has 192 valence electrons. The molecule has 1 aliphatic heterocycles. The number of primary amides is 1. The van der Waals surface area contributed by atoms with Gasteiger partial charge in [0.2, 0.25) is 20.7 Å². The number of nitrogens with zero attached hydrogens (tertiary/aromatic N) is 2. The van der Waals surface area contributed by atoms with E-state index in [-0.39, 0.29) is 17.5 Å². The number of anilines is 1. The van der Waals surface area contributed by atoms with Crippen LogP contribution < -0.4 is 15.8 Å². The average molecular weight is 526 g/mol. The van der Waals surface area contributed by atoms with Crippen LogP contribution in [0.5, 0.6) is 5.75 Å². The summed E-state index contributed by atoms with van der Waals surface area (Å²) in [7, 11) is -4.61. The number of aromatic nitrogens is 2. The molecule has 2 aromatic heterocycles. The number of carbonyl (C=O) groups is 1. The molecule has 4 N–H and O–H groups in total. The highest BCUT2D eigenvalue weighted by Gasteiger charge is 2.54. The van der Waals surface area contributed by atoms with Crippen LogP contribution >= 0.6 is 0 Å². The van der Waals surface area contributed by atoms with Gasteiger partial charge in [-0.15, -0.1) is 0 Å². The lowest BCUT2D eigenvalue weighted by Crippen LogP contribution is -2.53.